The fourth-order valence-corrected chi connectivity index (χ4v) is 2.35. The minimum atomic E-state index is -1.21. The van der Waals surface area contributed by atoms with Crippen LogP contribution in [0.15, 0.2) is 48.9 Å². The Morgan fingerprint density at radius 1 is 1.23 bits per heavy atom. The van der Waals surface area contributed by atoms with Gasteiger partial charge in [-0.15, -0.1) is 0 Å². The Morgan fingerprint density at radius 3 is 2.58 bits per heavy atom. The Balaban J connectivity index is 1.89. The second kappa shape index (κ2) is 7.01. The number of nitrogens with one attached hydrogen (secondary N) is 1. The van der Waals surface area contributed by atoms with Crippen LogP contribution in [0, 0.1) is 5.82 Å². The third-order valence-corrected chi connectivity index (χ3v) is 3.58. The van der Waals surface area contributed by atoms with Gasteiger partial charge in [-0.2, -0.15) is 5.10 Å². The topological polar surface area (TPSA) is 121 Å². The molecule has 8 nitrogen and oxygen atoms in total. The largest absolute Gasteiger partial charge is 0.504 e. The number of hydrogen-bond acceptors (Lipinski definition) is 5. The Bertz CT molecular complexity index is 975. The summed E-state index contributed by atoms with van der Waals surface area (Å²) in [6.45, 7) is 0.145. The summed E-state index contributed by atoms with van der Waals surface area (Å²) in [6, 6.07) is 6.79. The van der Waals surface area contributed by atoms with Crippen molar-refractivity contribution in [3.8, 4) is 0 Å². The van der Waals surface area contributed by atoms with Gasteiger partial charge in [0.25, 0.3) is 0 Å². The fraction of sp³-hybridized carbons (Fsp3) is 0.0588. The number of allylic oxidation sites excluding steroid dienone is 1. The third-order valence-electron chi connectivity index (χ3n) is 3.58. The van der Waals surface area contributed by atoms with E-state index in [-0.39, 0.29) is 23.6 Å². The van der Waals surface area contributed by atoms with Gasteiger partial charge < -0.3 is 14.8 Å². The standard InChI is InChI=1S/C17H13FN4O4/c18-12-3-1-10(2-4-12)7-22-8-11(5-13(22)17(25)26)14(23)6-15(24)16-19-9-20-21-16/h1-6,8-9,24H,7H2,(H,25,26)(H,19,20,21). The highest BCUT2D eigenvalue weighted by Gasteiger charge is 2.17. The molecular formula is C17H13FN4O4. The summed E-state index contributed by atoms with van der Waals surface area (Å²) in [5.74, 6) is -2.72. The van der Waals surface area contributed by atoms with Gasteiger partial charge in [-0.25, -0.2) is 14.2 Å². The van der Waals surface area contributed by atoms with Gasteiger partial charge in [-0.05, 0) is 23.8 Å². The van der Waals surface area contributed by atoms with Crippen LogP contribution in [0.5, 0.6) is 0 Å². The molecule has 0 spiro atoms. The monoisotopic (exact) mass is 356 g/mol. The van der Waals surface area contributed by atoms with Gasteiger partial charge in [-0.1, -0.05) is 12.1 Å². The second-order valence-electron chi connectivity index (χ2n) is 5.39. The van der Waals surface area contributed by atoms with Crippen LogP contribution >= 0.6 is 0 Å². The minimum absolute atomic E-state index is 0.0532. The molecule has 0 atom stereocenters. The van der Waals surface area contributed by atoms with E-state index in [1.807, 2.05) is 0 Å². The zero-order valence-electron chi connectivity index (χ0n) is 13.3. The van der Waals surface area contributed by atoms with Gasteiger partial charge in [0.05, 0.1) is 0 Å². The van der Waals surface area contributed by atoms with Crippen LogP contribution in [0.3, 0.4) is 0 Å². The number of benzene rings is 1. The van der Waals surface area contributed by atoms with Gasteiger partial charge in [0.15, 0.2) is 11.5 Å². The average Bonchev–Trinajstić information content (AvgIpc) is 3.26. The summed E-state index contributed by atoms with van der Waals surface area (Å²) >= 11 is 0. The van der Waals surface area contributed by atoms with Crippen molar-refractivity contribution < 1.29 is 24.2 Å². The quantitative estimate of drug-likeness (QED) is 0.354. The molecule has 2 aromatic heterocycles. The fourth-order valence-electron chi connectivity index (χ4n) is 2.35. The Labute approximate surface area is 146 Å². The van der Waals surface area contributed by atoms with Crippen LogP contribution in [-0.2, 0) is 6.54 Å². The van der Waals surface area contributed by atoms with Gasteiger partial charge in [0.1, 0.15) is 17.8 Å². The molecule has 0 bridgehead atoms. The van der Waals surface area contributed by atoms with Crippen molar-refractivity contribution in [2.45, 2.75) is 6.54 Å². The molecule has 0 saturated heterocycles. The summed E-state index contributed by atoms with van der Waals surface area (Å²) in [6.07, 6.45) is 3.51. The molecule has 0 unspecified atom stereocenters. The number of carbonyl (C=O) groups excluding carboxylic acids is 1. The lowest BCUT2D eigenvalue weighted by Gasteiger charge is -2.06. The number of aromatic amines is 1. The predicted octanol–water partition coefficient (Wildman–Crippen LogP) is 2.27. The molecule has 0 aliphatic rings. The molecule has 2 heterocycles. The number of carboxylic acid groups (broad SMARTS) is 1. The number of halogens is 1. The molecule has 3 N–H and O–H groups in total. The molecule has 26 heavy (non-hydrogen) atoms. The summed E-state index contributed by atoms with van der Waals surface area (Å²) in [5.41, 5.74) is 0.637. The van der Waals surface area contributed by atoms with E-state index in [1.54, 1.807) is 0 Å². The van der Waals surface area contributed by atoms with Crippen LogP contribution in [0.2, 0.25) is 0 Å². The Kier molecular flexibility index (Phi) is 4.61. The minimum Gasteiger partial charge on any atom is -0.504 e. The third kappa shape index (κ3) is 3.66. The lowest BCUT2D eigenvalue weighted by Crippen LogP contribution is -2.08. The molecule has 0 radical (unpaired) electrons. The molecule has 3 rings (SSSR count). The summed E-state index contributed by atoms with van der Waals surface area (Å²) in [7, 11) is 0. The van der Waals surface area contributed by atoms with Crippen molar-refractivity contribution in [2.24, 2.45) is 0 Å². The van der Waals surface area contributed by atoms with Crippen molar-refractivity contribution >= 4 is 17.5 Å². The predicted molar refractivity (Wildman–Crippen MR) is 88.2 cm³/mol. The number of hydrogen-bond donors (Lipinski definition) is 3. The van der Waals surface area contributed by atoms with E-state index >= 15 is 0 Å². The molecule has 9 heteroatoms. The number of nitrogens with zero attached hydrogens (tertiary/aromatic N) is 3. The molecule has 0 amide bonds. The van der Waals surface area contributed by atoms with E-state index in [4.69, 9.17) is 0 Å². The Morgan fingerprint density at radius 2 is 1.96 bits per heavy atom. The van der Waals surface area contributed by atoms with Crippen molar-refractivity contribution in [3.63, 3.8) is 0 Å². The first kappa shape index (κ1) is 17.1. The number of carboxylic acids is 1. The van der Waals surface area contributed by atoms with E-state index in [1.165, 1.54) is 47.4 Å². The number of ketones is 1. The summed E-state index contributed by atoms with van der Waals surface area (Å²) < 4.78 is 14.4. The highest BCUT2D eigenvalue weighted by molar-refractivity contribution is 6.08. The first-order valence-corrected chi connectivity index (χ1v) is 7.43. The molecule has 1 aromatic carbocycles. The van der Waals surface area contributed by atoms with Crippen LogP contribution < -0.4 is 0 Å². The SMILES string of the molecule is O=C(C=C(O)c1nc[nH]n1)c1cc(C(=O)O)n(Cc2ccc(F)cc2)c1. The lowest BCUT2D eigenvalue weighted by molar-refractivity contribution is 0.0685. The molecule has 0 aliphatic heterocycles. The maximum absolute atomic E-state index is 13.0. The van der Waals surface area contributed by atoms with Crippen LogP contribution in [0.25, 0.3) is 5.76 Å². The van der Waals surface area contributed by atoms with E-state index in [2.05, 4.69) is 15.2 Å². The van der Waals surface area contributed by atoms with Crippen molar-refractivity contribution in [1.29, 1.82) is 0 Å². The van der Waals surface area contributed by atoms with Crippen LogP contribution in [-0.4, -0.2) is 41.7 Å². The van der Waals surface area contributed by atoms with E-state index in [0.717, 1.165) is 6.08 Å². The molecule has 132 valence electrons. The Hall–Kier alpha value is -3.75. The zero-order chi connectivity index (χ0) is 18.7. The summed E-state index contributed by atoms with van der Waals surface area (Å²) in [5, 5.41) is 25.2. The zero-order valence-corrected chi connectivity index (χ0v) is 13.3. The molecular weight excluding hydrogens is 343 g/mol. The first-order valence-electron chi connectivity index (χ1n) is 7.43. The summed E-state index contributed by atoms with van der Waals surface area (Å²) in [4.78, 5) is 27.4. The second-order valence-corrected chi connectivity index (χ2v) is 5.39. The van der Waals surface area contributed by atoms with Crippen LogP contribution in [0.1, 0.15) is 32.2 Å². The number of H-pyrrole nitrogens is 1. The lowest BCUT2D eigenvalue weighted by atomic mass is 10.2. The molecule has 3 aromatic rings. The molecule has 0 aliphatic carbocycles. The van der Waals surface area contributed by atoms with Crippen molar-refractivity contribution in [3.05, 3.63) is 77.4 Å². The smallest absolute Gasteiger partial charge is 0.352 e. The highest BCUT2D eigenvalue weighted by Crippen LogP contribution is 2.15. The number of aromatic nitrogens is 4. The number of aromatic carboxylic acids is 1. The van der Waals surface area contributed by atoms with Crippen LogP contribution in [0.4, 0.5) is 4.39 Å². The number of aliphatic hydroxyl groups is 1. The highest BCUT2D eigenvalue weighted by atomic mass is 19.1. The molecule has 0 fully saturated rings. The maximum atomic E-state index is 13.0. The van der Waals surface area contributed by atoms with E-state index in [9.17, 15) is 24.2 Å². The maximum Gasteiger partial charge on any atom is 0.352 e. The normalized spacial score (nSPS) is 11.5. The van der Waals surface area contributed by atoms with Crippen molar-refractivity contribution in [2.75, 3.05) is 0 Å². The average molecular weight is 356 g/mol. The van der Waals surface area contributed by atoms with Gasteiger partial charge in [0, 0.05) is 24.4 Å². The van der Waals surface area contributed by atoms with Gasteiger partial charge in [0.2, 0.25) is 5.82 Å². The van der Waals surface area contributed by atoms with Gasteiger partial charge in [-0.3, -0.25) is 9.89 Å². The first-order chi connectivity index (χ1) is 12.4. The number of carbonyl (C=O) groups is 2. The molecule has 0 saturated carbocycles. The van der Waals surface area contributed by atoms with Crippen molar-refractivity contribution in [1.82, 2.24) is 19.7 Å². The number of rotatable bonds is 6. The van der Waals surface area contributed by atoms with Gasteiger partial charge >= 0.3 is 5.97 Å². The van der Waals surface area contributed by atoms with E-state index in [0.29, 0.717) is 5.56 Å². The van der Waals surface area contributed by atoms with E-state index < -0.39 is 23.3 Å². The number of aliphatic hydroxyl groups excluding tert-OH is 1.